The Morgan fingerprint density at radius 1 is 1.22 bits per heavy atom. The summed E-state index contributed by atoms with van der Waals surface area (Å²) in [5, 5.41) is 2.66. The van der Waals surface area contributed by atoms with E-state index in [1.165, 1.54) is 44.9 Å². The first kappa shape index (κ1) is 12.5. The summed E-state index contributed by atoms with van der Waals surface area (Å²) in [6.07, 6.45) is 10.7. The third kappa shape index (κ3) is 2.18. The topological polar surface area (TPSA) is 55.1 Å². The van der Waals surface area contributed by atoms with Gasteiger partial charge in [0.2, 0.25) is 5.91 Å². The fraction of sp³-hybridized carbons (Fsp3) is 0.933. The predicted molar refractivity (Wildman–Crippen MR) is 71.9 cm³/mol. The Morgan fingerprint density at radius 3 is 2.17 bits per heavy atom. The van der Waals surface area contributed by atoms with Gasteiger partial charge in [-0.3, -0.25) is 4.79 Å². The third-order valence-electron chi connectivity index (χ3n) is 5.73. The van der Waals surface area contributed by atoms with E-state index in [1.54, 1.807) is 7.05 Å². The van der Waals surface area contributed by atoms with Crippen molar-refractivity contribution in [3.8, 4) is 0 Å². The van der Waals surface area contributed by atoms with Crippen LogP contribution in [0.2, 0.25) is 0 Å². The second kappa shape index (κ2) is 4.52. The van der Waals surface area contributed by atoms with E-state index in [2.05, 4.69) is 5.32 Å². The van der Waals surface area contributed by atoms with Crippen molar-refractivity contribution in [3.63, 3.8) is 0 Å². The molecule has 3 N–H and O–H groups in total. The molecule has 1 amide bonds. The highest BCUT2D eigenvalue weighted by Gasteiger charge is 2.50. The molecule has 0 aromatic rings. The van der Waals surface area contributed by atoms with Crippen molar-refractivity contribution < 1.29 is 4.79 Å². The third-order valence-corrected chi connectivity index (χ3v) is 5.73. The highest BCUT2D eigenvalue weighted by molar-refractivity contribution is 5.81. The molecule has 0 heterocycles. The second-order valence-electron chi connectivity index (χ2n) is 7.18. The highest BCUT2D eigenvalue weighted by Crippen LogP contribution is 2.61. The van der Waals surface area contributed by atoms with E-state index in [9.17, 15) is 4.79 Å². The molecule has 1 atom stereocenters. The van der Waals surface area contributed by atoms with E-state index >= 15 is 0 Å². The lowest BCUT2D eigenvalue weighted by molar-refractivity contribution is -0.122. The quantitative estimate of drug-likeness (QED) is 0.802. The van der Waals surface area contributed by atoms with Crippen LogP contribution in [0.15, 0.2) is 0 Å². The molecule has 0 aromatic heterocycles. The monoisotopic (exact) mass is 250 g/mol. The fourth-order valence-corrected chi connectivity index (χ4v) is 5.37. The molecule has 0 aromatic carbocycles. The van der Waals surface area contributed by atoms with Crippen LogP contribution in [0, 0.1) is 23.2 Å². The van der Waals surface area contributed by atoms with Gasteiger partial charge >= 0.3 is 0 Å². The first-order chi connectivity index (χ1) is 8.60. The van der Waals surface area contributed by atoms with Crippen molar-refractivity contribution >= 4 is 5.91 Å². The number of hydrogen-bond donors (Lipinski definition) is 2. The van der Waals surface area contributed by atoms with Crippen LogP contribution < -0.4 is 11.1 Å². The number of nitrogens with two attached hydrogens (primary N) is 1. The summed E-state index contributed by atoms with van der Waals surface area (Å²) in [6, 6.07) is -0.303. The molecule has 4 saturated carbocycles. The van der Waals surface area contributed by atoms with Gasteiger partial charge in [-0.25, -0.2) is 0 Å². The smallest absolute Gasteiger partial charge is 0.236 e. The summed E-state index contributed by atoms with van der Waals surface area (Å²) in [5.74, 6) is 2.98. The number of amides is 1. The maximum absolute atomic E-state index is 11.5. The molecule has 4 aliphatic rings. The summed E-state index contributed by atoms with van der Waals surface area (Å²) < 4.78 is 0. The Labute approximate surface area is 110 Å². The van der Waals surface area contributed by atoms with Crippen molar-refractivity contribution in [2.45, 2.75) is 57.4 Å². The van der Waals surface area contributed by atoms with Gasteiger partial charge in [0.05, 0.1) is 6.04 Å². The zero-order valence-electron chi connectivity index (χ0n) is 11.5. The van der Waals surface area contributed by atoms with Gasteiger partial charge in [-0.05, 0) is 74.5 Å². The Hall–Kier alpha value is -0.570. The van der Waals surface area contributed by atoms with Crippen LogP contribution in [-0.2, 0) is 4.79 Å². The Morgan fingerprint density at radius 2 is 1.72 bits per heavy atom. The summed E-state index contributed by atoms with van der Waals surface area (Å²) in [4.78, 5) is 11.5. The minimum atomic E-state index is -0.303. The molecule has 102 valence electrons. The van der Waals surface area contributed by atoms with Gasteiger partial charge in [0.15, 0.2) is 0 Å². The maximum Gasteiger partial charge on any atom is 0.236 e. The number of nitrogens with one attached hydrogen (secondary N) is 1. The lowest BCUT2D eigenvalue weighted by atomic mass is 9.48. The number of carbonyl (C=O) groups is 1. The molecular weight excluding hydrogens is 224 g/mol. The molecule has 4 rings (SSSR count). The van der Waals surface area contributed by atoms with E-state index in [4.69, 9.17) is 5.73 Å². The van der Waals surface area contributed by atoms with Crippen molar-refractivity contribution in [1.29, 1.82) is 0 Å². The standard InChI is InChI=1S/C15H26N2O/c1-17-14(18)13(16)2-3-15-7-10-4-11(8-15)6-12(5-10)9-15/h10-13H,2-9,16H2,1H3,(H,17,18). The van der Waals surface area contributed by atoms with Gasteiger partial charge in [-0.15, -0.1) is 0 Å². The number of hydrogen-bond acceptors (Lipinski definition) is 2. The van der Waals surface area contributed by atoms with Crippen LogP contribution in [0.1, 0.15) is 51.4 Å². The molecule has 0 saturated heterocycles. The number of carbonyl (C=O) groups excluding carboxylic acids is 1. The number of rotatable bonds is 4. The van der Waals surface area contributed by atoms with Gasteiger partial charge in [-0.1, -0.05) is 0 Å². The Balaban J connectivity index is 1.60. The average molecular weight is 250 g/mol. The molecule has 4 aliphatic carbocycles. The van der Waals surface area contributed by atoms with E-state index in [0.717, 1.165) is 24.2 Å². The van der Waals surface area contributed by atoms with Crippen LogP contribution in [0.3, 0.4) is 0 Å². The first-order valence-electron chi connectivity index (χ1n) is 7.57. The van der Waals surface area contributed by atoms with Gasteiger partial charge in [0, 0.05) is 7.05 Å². The Bertz CT molecular complexity index is 304. The fourth-order valence-electron chi connectivity index (χ4n) is 5.37. The summed E-state index contributed by atoms with van der Waals surface area (Å²) in [5.41, 5.74) is 6.50. The molecule has 0 radical (unpaired) electrons. The summed E-state index contributed by atoms with van der Waals surface area (Å²) in [6.45, 7) is 0. The SMILES string of the molecule is CNC(=O)C(N)CCC12CC3CC(CC(C3)C1)C2. The molecule has 4 bridgehead atoms. The van der Waals surface area contributed by atoms with Gasteiger partial charge in [0.1, 0.15) is 0 Å². The average Bonchev–Trinajstić information content (AvgIpc) is 2.33. The van der Waals surface area contributed by atoms with Gasteiger partial charge < -0.3 is 11.1 Å². The maximum atomic E-state index is 11.5. The normalized spacial score (nSPS) is 42.9. The van der Waals surface area contributed by atoms with Crippen molar-refractivity contribution in [3.05, 3.63) is 0 Å². The van der Waals surface area contributed by atoms with Crippen LogP contribution in [0.4, 0.5) is 0 Å². The van der Waals surface area contributed by atoms with Crippen LogP contribution in [0.5, 0.6) is 0 Å². The van der Waals surface area contributed by atoms with Crippen LogP contribution >= 0.6 is 0 Å². The highest BCUT2D eigenvalue weighted by atomic mass is 16.2. The van der Waals surface area contributed by atoms with Crippen molar-refractivity contribution in [2.24, 2.45) is 28.9 Å². The van der Waals surface area contributed by atoms with E-state index in [-0.39, 0.29) is 11.9 Å². The zero-order chi connectivity index (χ0) is 12.8. The summed E-state index contributed by atoms with van der Waals surface area (Å²) in [7, 11) is 1.67. The van der Waals surface area contributed by atoms with E-state index < -0.39 is 0 Å². The van der Waals surface area contributed by atoms with Gasteiger partial charge in [-0.2, -0.15) is 0 Å². The van der Waals surface area contributed by atoms with Crippen molar-refractivity contribution in [2.75, 3.05) is 7.05 Å². The van der Waals surface area contributed by atoms with E-state index in [0.29, 0.717) is 5.41 Å². The molecule has 0 spiro atoms. The first-order valence-corrected chi connectivity index (χ1v) is 7.57. The van der Waals surface area contributed by atoms with Crippen molar-refractivity contribution in [1.82, 2.24) is 5.32 Å². The molecule has 3 heteroatoms. The predicted octanol–water partition coefficient (Wildman–Crippen LogP) is 2.06. The molecule has 18 heavy (non-hydrogen) atoms. The van der Waals surface area contributed by atoms with Gasteiger partial charge in [0.25, 0.3) is 0 Å². The number of likely N-dealkylation sites (N-methyl/N-ethyl adjacent to an activating group) is 1. The van der Waals surface area contributed by atoms with Crippen LogP contribution in [0.25, 0.3) is 0 Å². The molecular formula is C15H26N2O. The zero-order valence-corrected chi connectivity index (χ0v) is 11.5. The summed E-state index contributed by atoms with van der Waals surface area (Å²) >= 11 is 0. The lowest BCUT2D eigenvalue weighted by Gasteiger charge is -2.57. The largest absolute Gasteiger partial charge is 0.358 e. The van der Waals surface area contributed by atoms with E-state index in [1.807, 2.05) is 0 Å². The molecule has 1 unspecified atom stereocenters. The molecule has 4 fully saturated rings. The minimum absolute atomic E-state index is 0.000252. The molecule has 3 nitrogen and oxygen atoms in total. The molecule has 0 aliphatic heterocycles. The Kier molecular flexibility index (Phi) is 3.13. The second-order valence-corrected chi connectivity index (χ2v) is 7.18. The minimum Gasteiger partial charge on any atom is -0.358 e. The lowest BCUT2D eigenvalue weighted by Crippen LogP contribution is -2.47. The van der Waals surface area contributed by atoms with Crippen LogP contribution in [-0.4, -0.2) is 19.0 Å².